The molecule has 6 rings (SSSR count). The average molecular weight is 641 g/mol. The van der Waals surface area contributed by atoms with Crippen molar-refractivity contribution >= 4 is 24.0 Å². The number of halogens is 3. The Morgan fingerprint density at radius 2 is 1.98 bits per heavy atom. The number of aryl methyl sites for hydroxylation is 1. The van der Waals surface area contributed by atoms with E-state index >= 15 is 8.78 Å². The quantitative estimate of drug-likeness (QED) is 0.175. The van der Waals surface area contributed by atoms with Crippen LogP contribution in [0.15, 0.2) is 48.7 Å². The summed E-state index contributed by atoms with van der Waals surface area (Å²) in [7, 11) is 3.38. The summed E-state index contributed by atoms with van der Waals surface area (Å²) in [5, 5.41) is 14.3. The molecule has 10 nitrogen and oxygen atoms in total. The smallest absolute Gasteiger partial charge is 0.290 e. The predicted octanol–water partition coefficient (Wildman–Crippen LogP) is 4.83. The van der Waals surface area contributed by atoms with Crippen molar-refractivity contribution in [3.05, 3.63) is 87.7 Å². The van der Waals surface area contributed by atoms with Crippen molar-refractivity contribution in [3.63, 3.8) is 0 Å². The first kappa shape index (κ1) is 31.9. The number of nitrogens with zero attached hydrogens (tertiary/aromatic N) is 2. The monoisotopic (exact) mass is 640 g/mol. The summed E-state index contributed by atoms with van der Waals surface area (Å²) < 4.78 is 51.1. The third-order valence-corrected chi connectivity index (χ3v) is 8.12. The van der Waals surface area contributed by atoms with Crippen LogP contribution in [0.5, 0.6) is 11.5 Å². The van der Waals surface area contributed by atoms with Gasteiger partial charge in [0.1, 0.15) is 23.9 Å². The van der Waals surface area contributed by atoms with Crippen LogP contribution in [0.3, 0.4) is 0 Å². The van der Waals surface area contributed by atoms with Crippen molar-refractivity contribution in [2.45, 2.75) is 25.0 Å². The molecular formula is C32H31ClF2N4O6. The van der Waals surface area contributed by atoms with Crippen LogP contribution in [0.4, 0.5) is 8.78 Å². The number of amides is 1. The van der Waals surface area contributed by atoms with Crippen LogP contribution in [-0.2, 0) is 35.2 Å². The predicted molar refractivity (Wildman–Crippen MR) is 162 cm³/mol. The molecule has 0 spiro atoms. The third-order valence-electron chi connectivity index (χ3n) is 7.75. The number of primary amides is 1. The number of carbonyl (C=O) groups excluding carboxylic acids is 1. The van der Waals surface area contributed by atoms with Crippen molar-refractivity contribution in [3.8, 4) is 33.8 Å². The Bertz CT molecular complexity index is 1750. The number of carbonyl (C=O) groups is 2. The van der Waals surface area contributed by atoms with Gasteiger partial charge in [-0.25, -0.2) is 8.78 Å². The van der Waals surface area contributed by atoms with Gasteiger partial charge in [-0.05, 0) is 24.6 Å². The van der Waals surface area contributed by atoms with Crippen LogP contribution >= 0.6 is 11.6 Å². The van der Waals surface area contributed by atoms with Crippen LogP contribution < -0.4 is 20.5 Å². The summed E-state index contributed by atoms with van der Waals surface area (Å²) in [6.45, 7) is 1.40. The molecule has 3 aromatic carbocycles. The number of methoxy groups -OCH3 is 1. The number of fused-ring (bicyclic) bond motifs is 4. The van der Waals surface area contributed by atoms with E-state index in [2.05, 4.69) is 10.4 Å². The van der Waals surface area contributed by atoms with Gasteiger partial charge in [-0.3, -0.25) is 14.3 Å². The van der Waals surface area contributed by atoms with Gasteiger partial charge in [0.2, 0.25) is 5.91 Å². The van der Waals surface area contributed by atoms with Gasteiger partial charge in [-0.1, -0.05) is 41.9 Å². The number of nitrogens with one attached hydrogen (secondary N) is 1. The van der Waals surface area contributed by atoms with Gasteiger partial charge in [0.25, 0.3) is 6.47 Å². The number of hydrogen-bond donors (Lipinski definition) is 3. The summed E-state index contributed by atoms with van der Waals surface area (Å²) in [4.78, 5) is 21.2. The summed E-state index contributed by atoms with van der Waals surface area (Å²) in [5.74, 6) is -2.45. The first-order chi connectivity index (χ1) is 21.7. The second kappa shape index (κ2) is 13.2. The first-order valence-corrected chi connectivity index (χ1v) is 14.4. The molecule has 4 aromatic rings. The first-order valence-electron chi connectivity index (χ1n) is 14.0. The molecule has 1 atom stereocenters. The SMILES string of the molecule is COCCCNC[C@@]1(c2ccccc2)Cc2c(cc(F)c(Cl)c2-c2c(C(N)=O)cc3c(c2F)OCc2nn(C)cc2-3)O1.O=CO. The van der Waals surface area contributed by atoms with Crippen LogP contribution in [0.25, 0.3) is 22.3 Å². The highest BCUT2D eigenvalue weighted by atomic mass is 35.5. The van der Waals surface area contributed by atoms with Crippen molar-refractivity contribution in [1.82, 2.24) is 15.1 Å². The molecule has 2 aliphatic rings. The zero-order valence-electron chi connectivity index (χ0n) is 24.5. The van der Waals surface area contributed by atoms with E-state index in [-0.39, 0.29) is 52.7 Å². The molecule has 3 heterocycles. The Balaban J connectivity index is 0.00000128. The molecule has 0 saturated heterocycles. The summed E-state index contributed by atoms with van der Waals surface area (Å²) in [5.41, 5.74) is 7.33. The molecule has 1 amide bonds. The Kier molecular flexibility index (Phi) is 9.37. The average Bonchev–Trinajstić information content (AvgIpc) is 3.59. The molecule has 0 saturated carbocycles. The van der Waals surface area contributed by atoms with Gasteiger partial charge in [-0.15, -0.1) is 0 Å². The van der Waals surface area contributed by atoms with E-state index in [1.54, 1.807) is 25.0 Å². The number of ether oxygens (including phenoxy) is 3. The topological polar surface area (TPSA) is 138 Å². The van der Waals surface area contributed by atoms with E-state index in [0.29, 0.717) is 42.1 Å². The number of rotatable bonds is 9. The highest BCUT2D eigenvalue weighted by Crippen LogP contribution is 2.52. The number of aromatic nitrogens is 2. The van der Waals surface area contributed by atoms with Crippen LogP contribution in [0, 0.1) is 11.6 Å². The van der Waals surface area contributed by atoms with Crippen molar-refractivity contribution in [1.29, 1.82) is 0 Å². The number of carboxylic acid groups (broad SMARTS) is 1. The molecule has 0 radical (unpaired) electrons. The fourth-order valence-corrected chi connectivity index (χ4v) is 6.12. The van der Waals surface area contributed by atoms with E-state index in [4.69, 9.17) is 41.4 Å². The Morgan fingerprint density at radius 1 is 1.24 bits per heavy atom. The third kappa shape index (κ3) is 5.96. The second-order valence-corrected chi connectivity index (χ2v) is 11.0. The Morgan fingerprint density at radius 3 is 2.67 bits per heavy atom. The van der Waals surface area contributed by atoms with Crippen LogP contribution in [0.1, 0.15) is 33.6 Å². The molecule has 0 aliphatic carbocycles. The molecule has 1 aromatic heterocycles. The molecule has 45 heavy (non-hydrogen) atoms. The number of hydrogen-bond acceptors (Lipinski definition) is 7. The van der Waals surface area contributed by atoms with E-state index < -0.39 is 23.1 Å². The molecule has 2 aliphatic heterocycles. The molecule has 0 fully saturated rings. The van der Waals surface area contributed by atoms with Crippen molar-refractivity contribution in [2.24, 2.45) is 12.8 Å². The highest BCUT2D eigenvalue weighted by Gasteiger charge is 2.44. The van der Waals surface area contributed by atoms with E-state index in [9.17, 15) is 4.79 Å². The van der Waals surface area contributed by atoms with Gasteiger partial charge in [0.15, 0.2) is 17.2 Å². The number of nitrogens with two attached hydrogens (primary N) is 1. The maximum atomic E-state index is 16.6. The Hall–Kier alpha value is -4.52. The lowest BCUT2D eigenvalue weighted by molar-refractivity contribution is -0.122. The van der Waals surface area contributed by atoms with Gasteiger partial charge in [0, 0.05) is 73.8 Å². The maximum absolute atomic E-state index is 16.6. The fourth-order valence-electron chi connectivity index (χ4n) is 5.85. The van der Waals surface area contributed by atoms with Crippen LogP contribution in [-0.4, -0.2) is 54.1 Å². The van der Waals surface area contributed by atoms with Crippen LogP contribution in [0.2, 0.25) is 5.02 Å². The van der Waals surface area contributed by atoms with E-state index in [1.807, 2.05) is 30.3 Å². The zero-order chi connectivity index (χ0) is 32.3. The van der Waals surface area contributed by atoms with Gasteiger partial charge < -0.3 is 30.4 Å². The second-order valence-electron chi connectivity index (χ2n) is 10.6. The van der Waals surface area contributed by atoms with Gasteiger partial charge in [-0.2, -0.15) is 5.10 Å². The fraction of sp³-hybridized carbons (Fsp3) is 0.281. The number of benzene rings is 3. The lowest BCUT2D eigenvalue weighted by atomic mass is 9.84. The van der Waals surface area contributed by atoms with Crippen molar-refractivity contribution in [2.75, 3.05) is 26.8 Å². The molecule has 0 bridgehead atoms. The molecule has 4 N–H and O–H groups in total. The summed E-state index contributed by atoms with van der Waals surface area (Å²) in [6.07, 6.45) is 2.72. The summed E-state index contributed by atoms with van der Waals surface area (Å²) >= 11 is 6.60. The van der Waals surface area contributed by atoms with Gasteiger partial charge in [0.05, 0.1) is 10.6 Å². The van der Waals surface area contributed by atoms with Gasteiger partial charge >= 0.3 is 0 Å². The molecular weight excluding hydrogens is 610 g/mol. The van der Waals surface area contributed by atoms with E-state index in [1.165, 1.54) is 12.1 Å². The maximum Gasteiger partial charge on any atom is 0.290 e. The molecule has 0 unspecified atom stereocenters. The Labute approximate surface area is 262 Å². The van der Waals surface area contributed by atoms with E-state index in [0.717, 1.165) is 12.0 Å². The molecule has 13 heteroatoms. The van der Waals surface area contributed by atoms with Crippen molar-refractivity contribution < 1.29 is 37.7 Å². The normalized spacial score (nSPS) is 15.9. The lowest BCUT2D eigenvalue weighted by Gasteiger charge is -2.30. The minimum Gasteiger partial charge on any atom is -0.483 e. The summed E-state index contributed by atoms with van der Waals surface area (Å²) in [6, 6.07) is 12.2. The lowest BCUT2D eigenvalue weighted by Crippen LogP contribution is -2.42. The zero-order valence-corrected chi connectivity index (χ0v) is 25.3. The largest absolute Gasteiger partial charge is 0.483 e. The minimum absolute atomic E-state index is 0.0125. The molecule has 236 valence electrons. The standard InChI is InChI=1S/C31H29ClF2N4O4.CH2O2/c1-38-14-21-18-11-19(30(35)39)26(28(34)29(18)41-15-23(21)37-38)25-20-13-31(16-36-9-6-10-40-2,17-7-4-3-5-8-17)42-24(20)12-22(33)27(25)32;2-1-3/h3-5,7-8,11-12,14,36H,6,9-10,13,15-16H2,1-2H3,(H2,35,39);1H,(H,2,3)/t31-;/m1./s1. The minimum atomic E-state index is -0.957. The highest BCUT2D eigenvalue weighted by molar-refractivity contribution is 6.34.